The van der Waals surface area contributed by atoms with E-state index in [1.807, 2.05) is 51.1 Å². The zero-order valence-corrected chi connectivity index (χ0v) is 16.5. The first-order valence-corrected chi connectivity index (χ1v) is 9.03. The summed E-state index contributed by atoms with van der Waals surface area (Å²) in [4.78, 5) is 32.2. The van der Waals surface area contributed by atoms with Gasteiger partial charge in [0, 0.05) is 5.69 Å². The third kappa shape index (κ3) is 5.16. The average molecular weight is 394 g/mol. The van der Waals surface area contributed by atoms with Crippen molar-refractivity contribution in [1.29, 1.82) is 0 Å². The molecule has 29 heavy (non-hydrogen) atoms. The maximum absolute atomic E-state index is 12.0. The normalized spacial score (nSPS) is 10.4. The third-order valence-electron chi connectivity index (χ3n) is 4.37. The van der Waals surface area contributed by atoms with Gasteiger partial charge in [-0.05, 0) is 31.9 Å². The minimum Gasteiger partial charge on any atom is -0.445 e. The first-order chi connectivity index (χ1) is 13.9. The van der Waals surface area contributed by atoms with Gasteiger partial charge in [0.25, 0.3) is 5.95 Å². The van der Waals surface area contributed by atoms with Gasteiger partial charge in [0.05, 0.1) is 23.8 Å². The van der Waals surface area contributed by atoms with Crippen LogP contribution >= 0.6 is 0 Å². The van der Waals surface area contributed by atoms with Crippen LogP contribution in [0.2, 0.25) is 0 Å². The van der Waals surface area contributed by atoms with Crippen molar-refractivity contribution in [3.05, 3.63) is 65.2 Å². The standard InChI is InChI=1S/C20H22N6O3/c1-13-14(2)25-26(15(13)3)19-21-9-17(10-22-19)24-18(27)11-23-20(28)29-12-16-7-5-4-6-8-16/h4-10H,11-12H2,1-3H3,(H,23,28)(H,24,27). The molecule has 0 unspecified atom stereocenters. The molecule has 1 aromatic carbocycles. The summed E-state index contributed by atoms with van der Waals surface area (Å²) in [5.74, 6) is -0.000663. The number of anilines is 1. The van der Waals surface area contributed by atoms with Gasteiger partial charge < -0.3 is 15.4 Å². The van der Waals surface area contributed by atoms with E-state index in [2.05, 4.69) is 25.7 Å². The first-order valence-electron chi connectivity index (χ1n) is 9.03. The Morgan fingerprint density at radius 2 is 1.76 bits per heavy atom. The molecule has 0 spiro atoms. The number of carbonyl (C=O) groups is 2. The summed E-state index contributed by atoms with van der Waals surface area (Å²) in [6.07, 6.45) is 2.30. The molecule has 0 aliphatic heterocycles. The monoisotopic (exact) mass is 394 g/mol. The number of nitrogens with one attached hydrogen (secondary N) is 2. The number of benzene rings is 1. The van der Waals surface area contributed by atoms with E-state index in [0.29, 0.717) is 11.6 Å². The van der Waals surface area contributed by atoms with Crippen LogP contribution in [0.4, 0.5) is 10.5 Å². The zero-order valence-electron chi connectivity index (χ0n) is 16.5. The highest BCUT2D eigenvalue weighted by molar-refractivity contribution is 5.93. The van der Waals surface area contributed by atoms with E-state index in [-0.39, 0.29) is 13.2 Å². The Labute approximate surface area is 168 Å². The third-order valence-corrected chi connectivity index (χ3v) is 4.37. The SMILES string of the molecule is Cc1nn(-c2ncc(NC(=O)CNC(=O)OCc3ccccc3)cn2)c(C)c1C. The second-order valence-corrected chi connectivity index (χ2v) is 6.44. The van der Waals surface area contributed by atoms with Crippen molar-refractivity contribution >= 4 is 17.7 Å². The Hall–Kier alpha value is -3.75. The number of carbonyl (C=O) groups excluding carboxylic acids is 2. The van der Waals surface area contributed by atoms with Gasteiger partial charge in [0.15, 0.2) is 0 Å². The summed E-state index contributed by atoms with van der Waals surface area (Å²) in [5.41, 5.74) is 4.22. The number of alkyl carbamates (subject to hydrolysis) is 1. The highest BCUT2D eigenvalue weighted by Gasteiger charge is 2.12. The molecule has 0 atom stereocenters. The van der Waals surface area contributed by atoms with Crippen LogP contribution < -0.4 is 10.6 Å². The summed E-state index contributed by atoms with van der Waals surface area (Å²) in [6.45, 7) is 5.75. The second-order valence-electron chi connectivity index (χ2n) is 6.44. The lowest BCUT2D eigenvalue weighted by Crippen LogP contribution is -2.33. The topological polar surface area (TPSA) is 111 Å². The minimum absolute atomic E-state index is 0.134. The molecule has 0 saturated heterocycles. The van der Waals surface area contributed by atoms with Crippen LogP contribution in [0.15, 0.2) is 42.7 Å². The fraction of sp³-hybridized carbons (Fsp3) is 0.250. The van der Waals surface area contributed by atoms with Crippen molar-refractivity contribution in [1.82, 2.24) is 25.1 Å². The van der Waals surface area contributed by atoms with E-state index >= 15 is 0 Å². The lowest BCUT2D eigenvalue weighted by atomic mass is 10.2. The van der Waals surface area contributed by atoms with Gasteiger partial charge in [-0.1, -0.05) is 30.3 Å². The fourth-order valence-electron chi connectivity index (χ4n) is 2.54. The molecule has 0 radical (unpaired) electrons. The summed E-state index contributed by atoms with van der Waals surface area (Å²) in [5, 5.41) is 9.42. The quantitative estimate of drug-likeness (QED) is 0.664. The summed E-state index contributed by atoms with van der Waals surface area (Å²) in [6, 6.07) is 9.28. The molecule has 0 aliphatic carbocycles. The van der Waals surface area contributed by atoms with Crippen molar-refractivity contribution in [2.24, 2.45) is 0 Å². The van der Waals surface area contributed by atoms with Gasteiger partial charge in [-0.25, -0.2) is 19.4 Å². The van der Waals surface area contributed by atoms with E-state index in [0.717, 1.165) is 22.5 Å². The molecular weight excluding hydrogens is 372 g/mol. The molecular formula is C20H22N6O3. The maximum Gasteiger partial charge on any atom is 0.407 e. The zero-order chi connectivity index (χ0) is 20.8. The number of ether oxygens (including phenoxy) is 1. The number of rotatable bonds is 6. The molecule has 0 fully saturated rings. The number of aryl methyl sites for hydroxylation is 1. The smallest absolute Gasteiger partial charge is 0.407 e. The molecule has 0 bridgehead atoms. The molecule has 2 aromatic heterocycles. The van der Waals surface area contributed by atoms with Crippen molar-refractivity contribution in [2.75, 3.05) is 11.9 Å². The number of aromatic nitrogens is 4. The van der Waals surface area contributed by atoms with Crippen LogP contribution in [0.1, 0.15) is 22.5 Å². The first kappa shape index (κ1) is 20.0. The molecule has 0 saturated carbocycles. The van der Waals surface area contributed by atoms with E-state index in [9.17, 15) is 9.59 Å². The molecule has 3 aromatic rings. The number of hydrogen-bond donors (Lipinski definition) is 2. The van der Waals surface area contributed by atoms with Crippen molar-refractivity contribution in [3.8, 4) is 5.95 Å². The number of hydrogen-bond acceptors (Lipinski definition) is 6. The van der Waals surface area contributed by atoms with Crippen LogP contribution in [0.3, 0.4) is 0 Å². The molecule has 9 nitrogen and oxygen atoms in total. The van der Waals surface area contributed by atoms with Crippen LogP contribution in [-0.2, 0) is 16.1 Å². The van der Waals surface area contributed by atoms with Crippen LogP contribution in [0.5, 0.6) is 0 Å². The van der Waals surface area contributed by atoms with E-state index < -0.39 is 12.0 Å². The number of nitrogens with zero attached hydrogens (tertiary/aromatic N) is 4. The Bertz CT molecular complexity index is 999. The highest BCUT2D eigenvalue weighted by atomic mass is 16.5. The van der Waals surface area contributed by atoms with Gasteiger partial charge in [0.2, 0.25) is 5.91 Å². The molecule has 3 rings (SSSR count). The van der Waals surface area contributed by atoms with Gasteiger partial charge in [-0.2, -0.15) is 5.10 Å². The Kier molecular flexibility index (Phi) is 6.18. The summed E-state index contributed by atoms with van der Waals surface area (Å²) < 4.78 is 6.71. The fourth-order valence-corrected chi connectivity index (χ4v) is 2.54. The molecule has 0 aliphatic rings. The summed E-state index contributed by atoms with van der Waals surface area (Å²) in [7, 11) is 0. The maximum atomic E-state index is 12.0. The van der Waals surface area contributed by atoms with Gasteiger partial charge >= 0.3 is 6.09 Å². The van der Waals surface area contributed by atoms with Gasteiger partial charge in [0.1, 0.15) is 13.2 Å². The van der Waals surface area contributed by atoms with Gasteiger partial charge in [-0.15, -0.1) is 0 Å². The predicted molar refractivity (Wildman–Crippen MR) is 107 cm³/mol. The number of amides is 2. The molecule has 2 heterocycles. The van der Waals surface area contributed by atoms with E-state index in [1.54, 1.807) is 4.68 Å². The van der Waals surface area contributed by atoms with Crippen molar-refractivity contribution in [2.45, 2.75) is 27.4 Å². The Balaban J connectivity index is 1.48. The Morgan fingerprint density at radius 3 is 2.38 bits per heavy atom. The van der Waals surface area contributed by atoms with E-state index in [4.69, 9.17) is 4.74 Å². The average Bonchev–Trinajstić information content (AvgIpc) is 2.99. The van der Waals surface area contributed by atoms with Gasteiger partial charge in [-0.3, -0.25) is 4.79 Å². The lowest BCUT2D eigenvalue weighted by Gasteiger charge is -2.08. The highest BCUT2D eigenvalue weighted by Crippen LogP contribution is 2.14. The van der Waals surface area contributed by atoms with Crippen molar-refractivity contribution < 1.29 is 14.3 Å². The van der Waals surface area contributed by atoms with E-state index in [1.165, 1.54) is 12.4 Å². The Morgan fingerprint density at radius 1 is 1.07 bits per heavy atom. The largest absolute Gasteiger partial charge is 0.445 e. The van der Waals surface area contributed by atoms with Crippen LogP contribution in [0, 0.1) is 20.8 Å². The lowest BCUT2D eigenvalue weighted by molar-refractivity contribution is -0.115. The predicted octanol–water partition coefficient (Wildman–Crippen LogP) is 2.45. The summed E-state index contributed by atoms with van der Waals surface area (Å²) >= 11 is 0. The molecule has 2 N–H and O–H groups in total. The van der Waals surface area contributed by atoms with Crippen molar-refractivity contribution in [3.63, 3.8) is 0 Å². The van der Waals surface area contributed by atoms with Crippen LogP contribution in [-0.4, -0.2) is 38.3 Å². The van der Waals surface area contributed by atoms with Crippen LogP contribution in [0.25, 0.3) is 5.95 Å². The molecule has 150 valence electrons. The minimum atomic E-state index is -0.671. The molecule has 9 heteroatoms. The molecule has 2 amide bonds. The second kappa shape index (κ2) is 8.96.